The van der Waals surface area contributed by atoms with Crippen LogP contribution in [-0.2, 0) is 4.74 Å². The minimum Gasteiger partial charge on any atom is -0.387 e. The number of aliphatic hydroxyl groups is 4. The lowest BCUT2D eigenvalue weighted by Crippen LogP contribution is -2.58. The van der Waals surface area contributed by atoms with Gasteiger partial charge in [0.15, 0.2) is 6.29 Å². The summed E-state index contributed by atoms with van der Waals surface area (Å²) < 4.78 is 16.5. The number of alkyl halides is 1. The van der Waals surface area contributed by atoms with Crippen LogP contribution in [0.4, 0.5) is 4.39 Å². The smallest absolute Gasteiger partial charge is 0.184 e. The molecule has 4 N–H and O–H groups in total. The van der Waals surface area contributed by atoms with Crippen LogP contribution < -0.4 is 0 Å². The Hall–Kier alpha value is -0.270. The van der Waals surface area contributed by atoms with E-state index in [0.717, 1.165) is 0 Å². The zero-order chi connectivity index (χ0) is 9.30. The molecule has 12 heavy (non-hydrogen) atoms. The van der Waals surface area contributed by atoms with Crippen LogP contribution in [-0.4, -0.2) is 57.8 Å². The molecule has 0 spiro atoms. The van der Waals surface area contributed by atoms with Gasteiger partial charge in [-0.2, -0.15) is 0 Å². The van der Waals surface area contributed by atoms with Crippen molar-refractivity contribution in [3.05, 3.63) is 0 Å². The first-order valence-corrected chi connectivity index (χ1v) is 3.51. The lowest BCUT2D eigenvalue weighted by Gasteiger charge is -2.37. The minimum absolute atomic E-state index is 1.03. The van der Waals surface area contributed by atoms with Crippen molar-refractivity contribution < 1.29 is 29.6 Å². The van der Waals surface area contributed by atoms with Gasteiger partial charge in [-0.3, -0.25) is 0 Å². The van der Waals surface area contributed by atoms with Crippen LogP contribution in [0.15, 0.2) is 0 Å². The average Bonchev–Trinajstić information content (AvgIpc) is 2.08. The molecule has 1 aliphatic heterocycles. The topological polar surface area (TPSA) is 90.2 Å². The molecule has 0 saturated carbocycles. The third-order valence-electron chi connectivity index (χ3n) is 1.84. The lowest BCUT2D eigenvalue weighted by atomic mass is 10.00. The van der Waals surface area contributed by atoms with Crippen LogP contribution in [0, 0.1) is 0 Å². The number of ether oxygens (including phenoxy) is 1. The first-order chi connectivity index (χ1) is 5.57. The van der Waals surface area contributed by atoms with Crippen molar-refractivity contribution in [3.63, 3.8) is 0 Å². The molecule has 0 amide bonds. The molecule has 5 atom stereocenters. The summed E-state index contributed by atoms with van der Waals surface area (Å²) in [6, 6.07) is 0. The molecule has 1 heterocycles. The summed E-state index contributed by atoms with van der Waals surface area (Å²) in [5.41, 5.74) is 0. The Balaban J connectivity index is 2.63. The highest BCUT2D eigenvalue weighted by molar-refractivity contribution is 4.88. The molecule has 0 bridgehead atoms. The van der Waals surface area contributed by atoms with Crippen LogP contribution in [0.5, 0.6) is 0 Å². The second kappa shape index (κ2) is 3.63. The van der Waals surface area contributed by atoms with E-state index in [-0.39, 0.29) is 0 Å². The van der Waals surface area contributed by atoms with Gasteiger partial charge in [-0.25, -0.2) is 4.39 Å². The van der Waals surface area contributed by atoms with Gasteiger partial charge in [-0.1, -0.05) is 0 Å². The van der Waals surface area contributed by atoms with Gasteiger partial charge in [0.25, 0.3) is 0 Å². The minimum atomic E-state index is -1.65. The first kappa shape index (κ1) is 9.82. The van der Waals surface area contributed by atoms with Crippen molar-refractivity contribution in [1.82, 2.24) is 0 Å². The van der Waals surface area contributed by atoms with Gasteiger partial charge in [0.1, 0.15) is 31.1 Å². The maximum absolute atomic E-state index is 12.0. The summed E-state index contributed by atoms with van der Waals surface area (Å²) >= 11 is 0. The van der Waals surface area contributed by atoms with E-state index >= 15 is 0 Å². The molecule has 1 fully saturated rings. The van der Waals surface area contributed by atoms with Crippen molar-refractivity contribution in [2.45, 2.75) is 30.7 Å². The summed E-state index contributed by atoms with van der Waals surface area (Å²) in [6.45, 7) is -1.03. The Morgan fingerprint density at radius 2 is 1.58 bits per heavy atom. The van der Waals surface area contributed by atoms with Crippen molar-refractivity contribution in [1.29, 1.82) is 0 Å². The molecule has 0 unspecified atom stereocenters. The van der Waals surface area contributed by atoms with Crippen LogP contribution in [0.1, 0.15) is 0 Å². The third-order valence-corrected chi connectivity index (χ3v) is 1.84. The zero-order valence-corrected chi connectivity index (χ0v) is 6.17. The van der Waals surface area contributed by atoms with Crippen LogP contribution in [0.25, 0.3) is 0 Å². The van der Waals surface area contributed by atoms with E-state index in [4.69, 9.17) is 20.4 Å². The molecule has 1 rings (SSSR count). The Labute approximate surface area is 68.0 Å². The third kappa shape index (κ3) is 1.57. The standard InChI is InChI=1S/C6H11FO5/c7-1-2-3(8)4(9)5(10)6(11)12-2/h2-6,8-11H,1H2/t2-,3-,4+,5-,6+/m1/s1. The van der Waals surface area contributed by atoms with Crippen molar-refractivity contribution >= 4 is 0 Å². The lowest BCUT2D eigenvalue weighted by molar-refractivity contribution is -0.283. The molecular weight excluding hydrogens is 171 g/mol. The summed E-state index contributed by atoms with van der Waals surface area (Å²) in [4.78, 5) is 0. The second-order valence-corrected chi connectivity index (χ2v) is 2.69. The maximum atomic E-state index is 12.0. The van der Waals surface area contributed by atoms with Crippen LogP contribution in [0.2, 0.25) is 0 Å². The molecule has 0 aromatic rings. The number of halogens is 1. The zero-order valence-electron chi connectivity index (χ0n) is 6.17. The molecule has 1 saturated heterocycles. The second-order valence-electron chi connectivity index (χ2n) is 2.69. The molecule has 1 aliphatic rings. The molecule has 0 aromatic carbocycles. The maximum Gasteiger partial charge on any atom is 0.184 e. The highest BCUT2D eigenvalue weighted by atomic mass is 19.1. The number of rotatable bonds is 1. The molecule has 72 valence electrons. The largest absolute Gasteiger partial charge is 0.387 e. The summed E-state index contributed by atoms with van der Waals surface area (Å²) in [6.07, 6.45) is -7.60. The van der Waals surface area contributed by atoms with Crippen molar-refractivity contribution in [3.8, 4) is 0 Å². The van der Waals surface area contributed by atoms with E-state index in [1.165, 1.54) is 0 Å². The molecule has 0 radical (unpaired) electrons. The normalized spacial score (nSPS) is 49.2. The Morgan fingerprint density at radius 1 is 1.00 bits per heavy atom. The van der Waals surface area contributed by atoms with Gasteiger partial charge in [-0.15, -0.1) is 0 Å². The summed E-state index contributed by atoms with van der Waals surface area (Å²) in [5, 5.41) is 35.8. The number of hydrogen-bond donors (Lipinski definition) is 4. The highest BCUT2D eigenvalue weighted by Crippen LogP contribution is 2.19. The predicted octanol–water partition coefficient (Wildman–Crippen LogP) is -2.24. The fourth-order valence-corrected chi connectivity index (χ4v) is 1.06. The van der Waals surface area contributed by atoms with E-state index in [2.05, 4.69) is 4.74 Å². The molecule has 6 heteroatoms. The summed E-state index contributed by atoms with van der Waals surface area (Å²) in [5.74, 6) is 0. The van der Waals surface area contributed by atoms with Gasteiger partial charge in [-0.05, 0) is 0 Å². The van der Waals surface area contributed by atoms with Gasteiger partial charge in [0.05, 0.1) is 0 Å². The SMILES string of the molecule is O[C@@H]1[C@@H](O)[C@@H](O)O[C@H](CF)[C@H]1O. The highest BCUT2D eigenvalue weighted by Gasteiger charge is 2.42. The number of hydrogen-bond acceptors (Lipinski definition) is 5. The van der Waals surface area contributed by atoms with Crippen LogP contribution in [0.3, 0.4) is 0 Å². The Bertz CT molecular complexity index is 150. The van der Waals surface area contributed by atoms with Gasteiger partial charge >= 0.3 is 0 Å². The monoisotopic (exact) mass is 182 g/mol. The fourth-order valence-electron chi connectivity index (χ4n) is 1.06. The van der Waals surface area contributed by atoms with E-state index < -0.39 is 37.4 Å². The summed E-state index contributed by atoms with van der Waals surface area (Å²) in [7, 11) is 0. The van der Waals surface area contributed by atoms with E-state index in [9.17, 15) is 4.39 Å². The van der Waals surface area contributed by atoms with Crippen molar-refractivity contribution in [2.75, 3.05) is 6.67 Å². The Morgan fingerprint density at radius 3 is 2.08 bits per heavy atom. The van der Waals surface area contributed by atoms with E-state index in [0.29, 0.717) is 0 Å². The van der Waals surface area contributed by atoms with Gasteiger partial charge < -0.3 is 25.2 Å². The van der Waals surface area contributed by atoms with E-state index in [1.807, 2.05) is 0 Å². The van der Waals surface area contributed by atoms with E-state index in [1.54, 1.807) is 0 Å². The van der Waals surface area contributed by atoms with Gasteiger partial charge in [0, 0.05) is 0 Å². The number of aliphatic hydroxyl groups excluding tert-OH is 4. The van der Waals surface area contributed by atoms with Crippen molar-refractivity contribution in [2.24, 2.45) is 0 Å². The van der Waals surface area contributed by atoms with Gasteiger partial charge in [0.2, 0.25) is 0 Å². The molecule has 0 aromatic heterocycles. The molecular formula is C6H11FO5. The predicted molar refractivity (Wildman–Crippen MR) is 34.9 cm³/mol. The quantitative estimate of drug-likeness (QED) is 0.368. The Kier molecular flexibility index (Phi) is 2.97. The fraction of sp³-hybridized carbons (Fsp3) is 1.00. The molecule has 0 aliphatic carbocycles. The average molecular weight is 182 g/mol. The van der Waals surface area contributed by atoms with Crippen LogP contribution >= 0.6 is 0 Å². The first-order valence-electron chi connectivity index (χ1n) is 3.51. The molecule has 5 nitrogen and oxygen atoms in total.